The summed E-state index contributed by atoms with van der Waals surface area (Å²) in [5.74, 6) is -1.37. The predicted molar refractivity (Wildman–Crippen MR) is 65.0 cm³/mol. The summed E-state index contributed by atoms with van der Waals surface area (Å²) >= 11 is 0. The first-order valence-corrected chi connectivity index (χ1v) is 7.09. The van der Waals surface area contributed by atoms with Gasteiger partial charge in [-0.25, -0.2) is 13.1 Å². The van der Waals surface area contributed by atoms with Gasteiger partial charge in [0.25, 0.3) is 0 Å². The number of carbonyl (C=O) groups is 1. The zero-order valence-corrected chi connectivity index (χ0v) is 14.1. The van der Waals surface area contributed by atoms with Gasteiger partial charge in [0.2, 0.25) is 10.0 Å². The molecule has 1 aromatic rings. The van der Waals surface area contributed by atoms with E-state index < -0.39 is 22.0 Å². The molecule has 0 heterocycles. The van der Waals surface area contributed by atoms with E-state index in [0.717, 1.165) is 0 Å². The van der Waals surface area contributed by atoms with Gasteiger partial charge >= 0.3 is 29.6 Å². The van der Waals surface area contributed by atoms with Crippen LogP contribution < -0.4 is 39.4 Å². The number of hydrogen-bond donors (Lipinski definition) is 1. The summed E-state index contributed by atoms with van der Waals surface area (Å²) in [6, 6.07) is 6.43. The molecule has 0 fully saturated rings. The molecule has 1 rings (SSSR count). The van der Waals surface area contributed by atoms with E-state index in [1.54, 1.807) is 18.2 Å². The summed E-state index contributed by atoms with van der Waals surface area (Å²) in [5, 5.41) is 10.9. The molecule has 0 aromatic heterocycles. The van der Waals surface area contributed by atoms with Crippen LogP contribution in [0.4, 0.5) is 0 Å². The molecule has 0 radical (unpaired) electrons. The first-order valence-electron chi connectivity index (χ1n) is 5.61. The van der Waals surface area contributed by atoms with Crippen molar-refractivity contribution in [3.8, 4) is 0 Å². The third kappa shape index (κ3) is 6.05. The number of rotatable bonds is 6. The minimum absolute atomic E-state index is 0. The predicted octanol–water partition coefficient (Wildman–Crippen LogP) is -2.87. The molecule has 7 heteroatoms. The van der Waals surface area contributed by atoms with Crippen molar-refractivity contribution in [1.29, 1.82) is 0 Å². The Morgan fingerprint density at radius 1 is 1.26 bits per heavy atom. The molecule has 0 saturated carbocycles. The maximum Gasteiger partial charge on any atom is 1.00 e. The van der Waals surface area contributed by atoms with Crippen molar-refractivity contribution < 1.29 is 47.9 Å². The molecule has 0 aliphatic carbocycles. The standard InChI is InChI=1S/C12H17NO4S.Na/c1-9(2)8-11(12(14)15)13-18(16,17)10-6-4-3-5-7-10;/h3-7,9,11,13H,8H2,1-2H3,(H,14,15);/q;+1/p-1. The minimum Gasteiger partial charge on any atom is -0.548 e. The van der Waals surface area contributed by atoms with Crippen molar-refractivity contribution in [2.75, 3.05) is 0 Å². The van der Waals surface area contributed by atoms with Crippen LogP contribution in [0.15, 0.2) is 35.2 Å². The maximum absolute atomic E-state index is 11.9. The molecule has 1 atom stereocenters. The van der Waals surface area contributed by atoms with Crippen molar-refractivity contribution in [3.05, 3.63) is 30.3 Å². The van der Waals surface area contributed by atoms with E-state index in [9.17, 15) is 18.3 Å². The van der Waals surface area contributed by atoms with E-state index in [1.807, 2.05) is 13.8 Å². The molecule has 0 amide bonds. The fraction of sp³-hybridized carbons (Fsp3) is 0.417. The zero-order chi connectivity index (χ0) is 13.8. The fourth-order valence-corrected chi connectivity index (χ4v) is 2.74. The molecule has 1 unspecified atom stereocenters. The van der Waals surface area contributed by atoms with Gasteiger partial charge in [-0.3, -0.25) is 0 Å². The zero-order valence-electron chi connectivity index (χ0n) is 11.3. The first kappa shape index (κ1) is 18.6. The molecule has 0 aliphatic heterocycles. The second-order valence-electron chi connectivity index (χ2n) is 4.44. The summed E-state index contributed by atoms with van der Waals surface area (Å²) in [6.45, 7) is 3.62. The van der Waals surface area contributed by atoms with E-state index in [2.05, 4.69) is 4.72 Å². The summed E-state index contributed by atoms with van der Waals surface area (Å²) in [7, 11) is -3.82. The maximum atomic E-state index is 11.9. The van der Waals surface area contributed by atoms with Gasteiger partial charge in [-0.15, -0.1) is 0 Å². The monoisotopic (exact) mass is 293 g/mol. The third-order valence-electron chi connectivity index (χ3n) is 2.34. The summed E-state index contributed by atoms with van der Waals surface area (Å²) in [5.41, 5.74) is 0. The number of aliphatic carboxylic acids is 1. The Morgan fingerprint density at radius 2 is 1.79 bits per heavy atom. The number of carbonyl (C=O) groups excluding carboxylic acids is 1. The van der Waals surface area contributed by atoms with Crippen LogP contribution >= 0.6 is 0 Å². The summed E-state index contributed by atoms with van der Waals surface area (Å²) in [4.78, 5) is 10.9. The molecule has 1 aromatic carbocycles. The average Bonchev–Trinajstić information content (AvgIpc) is 2.28. The minimum atomic E-state index is -3.82. The van der Waals surface area contributed by atoms with Crippen molar-refractivity contribution >= 4 is 16.0 Å². The van der Waals surface area contributed by atoms with Crippen LogP contribution in [0.2, 0.25) is 0 Å². The van der Waals surface area contributed by atoms with E-state index in [1.165, 1.54) is 12.1 Å². The molecular formula is C12H16NNaO4S. The second kappa shape index (κ2) is 8.01. The van der Waals surface area contributed by atoms with Crippen LogP contribution in [-0.4, -0.2) is 20.4 Å². The number of benzene rings is 1. The van der Waals surface area contributed by atoms with Crippen molar-refractivity contribution in [2.24, 2.45) is 5.92 Å². The van der Waals surface area contributed by atoms with Crippen molar-refractivity contribution in [1.82, 2.24) is 4.72 Å². The van der Waals surface area contributed by atoms with Gasteiger partial charge in [-0.2, -0.15) is 0 Å². The SMILES string of the molecule is CC(C)CC(NS(=O)(=O)c1ccccc1)C(=O)[O-].[Na+]. The molecule has 0 saturated heterocycles. The topological polar surface area (TPSA) is 86.3 Å². The Hall–Kier alpha value is -0.400. The van der Waals surface area contributed by atoms with Gasteiger partial charge in [-0.1, -0.05) is 32.0 Å². The van der Waals surface area contributed by atoms with Gasteiger partial charge in [-0.05, 0) is 24.5 Å². The summed E-state index contributed by atoms with van der Waals surface area (Å²) in [6.07, 6.45) is 0.189. The largest absolute Gasteiger partial charge is 1.00 e. The third-order valence-corrected chi connectivity index (χ3v) is 3.83. The van der Waals surface area contributed by atoms with Crippen LogP contribution in [0.5, 0.6) is 0 Å². The van der Waals surface area contributed by atoms with Gasteiger partial charge in [0.15, 0.2) is 0 Å². The van der Waals surface area contributed by atoms with Crippen LogP contribution in [0.25, 0.3) is 0 Å². The van der Waals surface area contributed by atoms with E-state index in [-0.39, 0.29) is 46.8 Å². The van der Waals surface area contributed by atoms with E-state index in [0.29, 0.717) is 0 Å². The molecular weight excluding hydrogens is 277 g/mol. The second-order valence-corrected chi connectivity index (χ2v) is 6.15. The van der Waals surface area contributed by atoms with Crippen LogP contribution in [0.3, 0.4) is 0 Å². The van der Waals surface area contributed by atoms with Gasteiger partial charge in [0, 0.05) is 0 Å². The van der Waals surface area contributed by atoms with Crippen LogP contribution in [-0.2, 0) is 14.8 Å². The number of nitrogens with one attached hydrogen (secondary N) is 1. The van der Waals surface area contributed by atoms with Crippen molar-refractivity contribution in [3.63, 3.8) is 0 Å². The Balaban J connectivity index is 0.00000324. The Morgan fingerprint density at radius 3 is 2.21 bits per heavy atom. The van der Waals surface area contributed by atoms with Gasteiger partial charge in [0.1, 0.15) is 0 Å². The van der Waals surface area contributed by atoms with Gasteiger partial charge < -0.3 is 9.90 Å². The molecule has 19 heavy (non-hydrogen) atoms. The molecule has 0 bridgehead atoms. The quantitative estimate of drug-likeness (QED) is 0.571. The van der Waals surface area contributed by atoms with E-state index >= 15 is 0 Å². The molecule has 0 aliphatic rings. The smallest absolute Gasteiger partial charge is 0.548 e. The van der Waals surface area contributed by atoms with Crippen LogP contribution in [0, 0.1) is 5.92 Å². The molecule has 100 valence electrons. The molecule has 0 spiro atoms. The number of sulfonamides is 1. The van der Waals surface area contributed by atoms with Crippen molar-refractivity contribution in [2.45, 2.75) is 31.2 Å². The molecule has 5 nitrogen and oxygen atoms in total. The average molecular weight is 293 g/mol. The Labute approximate surface area is 135 Å². The van der Waals surface area contributed by atoms with E-state index in [4.69, 9.17) is 0 Å². The Kier molecular flexibility index (Phi) is 7.85. The Bertz CT molecular complexity index is 502. The van der Waals surface area contributed by atoms with Crippen LogP contribution in [0.1, 0.15) is 20.3 Å². The molecule has 1 N–H and O–H groups in total. The number of carboxylic acids is 1. The number of carboxylic acid groups (broad SMARTS) is 1. The number of hydrogen-bond acceptors (Lipinski definition) is 4. The summed E-state index contributed by atoms with van der Waals surface area (Å²) < 4.78 is 26.0. The van der Waals surface area contributed by atoms with Gasteiger partial charge in [0.05, 0.1) is 16.9 Å². The fourth-order valence-electron chi connectivity index (χ4n) is 1.52. The first-order chi connectivity index (χ1) is 8.33. The normalized spacial score (nSPS) is 12.8.